The third-order valence-corrected chi connectivity index (χ3v) is 4.58. The van der Waals surface area contributed by atoms with E-state index in [0.717, 1.165) is 18.4 Å². The highest BCUT2D eigenvalue weighted by Crippen LogP contribution is 2.28. The molecular weight excluding hydrogens is 268 g/mol. The molecule has 0 radical (unpaired) electrons. The summed E-state index contributed by atoms with van der Waals surface area (Å²) in [5.41, 5.74) is 3.74. The molecule has 1 N–H and O–H groups in total. The van der Waals surface area contributed by atoms with Crippen LogP contribution in [0.3, 0.4) is 0 Å². The lowest BCUT2D eigenvalue weighted by atomic mass is 9.95. The number of benzene rings is 1. The van der Waals surface area contributed by atoms with E-state index in [9.17, 15) is 5.11 Å². The van der Waals surface area contributed by atoms with Gasteiger partial charge in [0.2, 0.25) is 0 Å². The minimum Gasteiger partial charge on any atom is -0.507 e. The Morgan fingerprint density at radius 2 is 1.23 bits per heavy atom. The fourth-order valence-corrected chi connectivity index (χ4v) is 3.11. The van der Waals surface area contributed by atoms with Crippen LogP contribution in [0.25, 0.3) is 0 Å². The van der Waals surface area contributed by atoms with E-state index in [-0.39, 0.29) is 0 Å². The first-order valence-electron chi connectivity index (χ1n) is 9.56. The molecule has 0 aliphatic heterocycles. The molecule has 0 bridgehead atoms. The van der Waals surface area contributed by atoms with Crippen LogP contribution in [0.5, 0.6) is 5.75 Å². The molecule has 0 saturated carbocycles. The number of rotatable bonds is 12. The first-order valence-corrected chi connectivity index (χ1v) is 9.56. The van der Waals surface area contributed by atoms with Gasteiger partial charge in [0.05, 0.1) is 0 Å². The molecular formula is C21H36O. The van der Waals surface area contributed by atoms with E-state index in [2.05, 4.69) is 32.9 Å². The van der Waals surface area contributed by atoms with Crippen LogP contribution < -0.4 is 0 Å². The van der Waals surface area contributed by atoms with E-state index in [0.29, 0.717) is 5.75 Å². The van der Waals surface area contributed by atoms with Gasteiger partial charge in [-0.2, -0.15) is 0 Å². The Morgan fingerprint density at radius 1 is 0.682 bits per heavy atom. The van der Waals surface area contributed by atoms with Crippen molar-refractivity contribution in [2.75, 3.05) is 0 Å². The molecule has 0 fully saturated rings. The minimum absolute atomic E-state index is 0.564. The third-order valence-electron chi connectivity index (χ3n) is 4.58. The van der Waals surface area contributed by atoms with Crippen LogP contribution in [0.2, 0.25) is 0 Å². The zero-order valence-corrected chi connectivity index (χ0v) is 15.1. The summed E-state index contributed by atoms with van der Waals surface area (Å²) in [6.45, 7) is 6.64. The summed E-state index contributed by atoms with van der Waals surface area (Å²) in [6.07, 6.45) is 14.8. The van der Waals surface area contributed by atoms with Crippen molar-refractivity contribution in [2.45, 2.75) is 97.8 Å². The largest absolute Gasteiger partial charge is 0.507 e. The summed E-state index contributed by atoms with van der Waals surface area (Å²) in [5.74, 6) is 0.564. The Morgan fingerprint density at radius 3 is 1.86 bits per heavy atom. The van der Waals surface area contributed by atoms with E-state index in [4.69, 9.17) is 0 Å². The molecule has 0 aliphatic rings. The molecule has 1 aromatic rings. The molecule has 0 amide bonds. The smallest absolute Gasteiger partial charge is 0.121 e. The van der Waals surface area contributed by atoms with Gasteiger partial charge in [-0.15, -0.1) is 0 Å². The topological polar surface area (TPSA) is 20.2 Å². The molecule has 0 spiro atoms. The number of aryl methyl sites for hydroxylation is 3. The van der Waals surface area contributed by atoms with Crippen molar-refractivity contribution in [2.24, 2.45) is 0 Å². The van der Waals surface area contributed by atoms with E-state index >= 15 is 0 Å². The molecule has 1 aromatic carbocycles. The summed E-state index contributed by atoms with van der Waals surface area (Å²) in [5, 5.41) is 10.4. The predicted octanol–water partition coefficient (Wildman–Crippen LogP) is 6.59. The Labute approximate surface area is 138 Å². The van der Waals surface area contributed by atoms with Crippen LogP contribution in [0.15, 0.2) is 12.1 Å². The zero-order valence-electron chi connectivity index (χ0n) is 15.1. The van der Waals surface area contributed by atoms with E-state index in [1.807, 2.05) is 0 Å². The van der Waals surface area contributed by atoms with Gasteiger partial charge in [-0.25, -0.2) is 0 Å². The average molecular weight is 305 g/mol. The second-order valence-corrected chi connectivity index (χ2v) is 6.59. The molecule has 0 atom stereocenters. The molecule has 126 valence electrons. The summed E-state index contributed by atoms with van der Waals surface area (Å²) in [4.78, 5) is 0. The highest BCUT2D eigenvalue weighted by molar-refractivity contribution is 5.44. The predicted molar refractivity (Wildman–Crippen MR) is 97.8 cm³/mol. The van der Waals surface area contributed by atoms with Crippen molar-refractivity contribution in [1.82, 2.24) is 0 Å². The molecule has 1 nitrogen and oxygen atoms in total. The Bertz CT molecular complexity index is 409. The van der Waals surface area contributed by atoms with Crippen molar-refractivity contribution in [3.8, 4) is 5.75 Å². The van der Waals surface area contributed by atoms with Gasteiger partial charge in [0.15, 0.2) is 0 Å². The molecule has 0 aromatic heterocycles. The number of hydrogen-bond acceptors (Lipinski definition) is 1. The monoisotopic (exact) mass is 304 g/mol. The highest BCUT2D eigenvalue weighted by Gasteiger charge is 2.09. The van der Waals surface area contributed by atoms with Crippen molar-refractivity contribution >= 4 is 0 Å². The van der Waals surface area contributed by atoms with Crippen molar-refractivity contribution < 1.29 is 5.11 Å². The second-order valence-electron chi connectivity index (χ2n) is 6.59. The zero-order chi connectivity index (χ0) is 16.2. The maximum atomic E-state index is 10.4. The lowest BCUT2D eigenvalue weighted by Crippen LogP contribution is -1.96. The van der Waals surface area contributed by atoms with Crippen LogP contribution >= 0.6 is 0 Å². The lowest BCUT2D eigenvalue weighted by molar-refractivity contribution is 0.459. The minimum atomic E-state index is 0.564. The van der Waals surface area contributed by atoms with Gasteiger partial charge in [-0.05, 0) is 48.8 Å². The van der Waals surface area contributed by atoms with Gasteiger partial charge in [-0.1, -0.05) is 77.8 Å². The molecule has 0 aliphatic carbocycles. The quantitative estimate of drug-likeness (QED) is 0.432. The van der Waals surface area contributed by atoms with Crippen LogP contribution in [0, 0.1) is 0 Å². The van der Waals surface area contributed by atoms with Crippen LogP contribution in [-0.2, 0) is 19.3 Å². The Hall–Kier alpha value is -0.980. The summed E-state index contributed by atoms with van der Waals surface area (Å²) >= 11 is 0. The molecule has 0 unspecified atom stereocenters. The lowest BCUT2D eigenvalue weighted by Gasteiger charge is -2.12. The Kier molecular flexibility index (Phi) is 10.0. The first-order chi connectivity index (χ1) is 10.7. The maximum Gasteiger partial charge on any atom is 0.121 e. The van der Waals surface area contributed by atoms with Crippen molar-refractivity contribution in [1.29, 1.82) is 0 Å². The van der Waals surface area contributed by atoms with Crippen LogP contribution in [0.1, 0.15) is 95.2 Å². The molecule has 22 heavy (non-hydrogen) atoms. The number of hydrogen-bond donors (Lipinski definition) is 1. The SMILES string of the molecule is CCCCCCCc1cc(CC)c(O)c(CCCCCC)c1. The number of aromatic hydroxyl groups is 1. The summed E-state index contributed by atoms with van der Waals surface area (Å²) in [7, 11) is 0. The average Bonchev–Trinajstić information content (AvgIpc) is 2.53. The number of phenolic OH excluding ortho intramolecular Hbond substituents is 1. The third kappa shape index (κ3) is 6.85. The van der Waals surface area contributed by atoms with Gasteiger partial charge in [0, 0.05) is 0 Å². The van der Waals surface area contributed by atoms with Gasteiger partial charge < -0.3 is 5.11 Å². The number of phenols is 1. The normalized spacial score (nSPS) is 11.0. The Balaban J connectivity index is 2.60. The first kappa shape index (κ1) is 19.1. The fraction of sp³-hybridized carbons (Fsp3) is 0.714. The van der Waals surface area contributed by atoms with Crippen LogP contribution in [0.4, 0.5) is 0 Å². The standard InChI is InChI=1S/C21H36O/c1-4-7-9-11-12-14-18-16-19(6-3)21(22)20(17-18)15-13-10-8-5-2/h16-17,22H,4-15H2,1-3H3. The fourth-order valence-electron chi connectivity index (χ4n) is 3.11. The van der Waals surface area contributed by atoms with E-state index < -0.39 is 0 Å². The van der Waals surface area contributed by atoms with Gasteiger partial charge in [0.1, 0.15) is 5.75 Å². The van der Waals surface area contributed by atoms with Crippen molar-refractivity contribution in [3.63, 3.8) is 0 Å². The molecule has 0 heterocycles. The molecule has 0 saturated heterocycles. The maximum absolute atomic E-state index is 10.4. The van der Waals surface area contributed by atoms with Crippen LogP contribution in [-0.4, -0.2) is 5.11 Å². The van der Waals surface area contributed by atoms with Gasteiger partial charge in [-0.3, -0.25) is 0 Å². The van der Waals surface area contributed by atoms with E-state index in [1.54, 1.807) is 0 Å². The number of unbranched alkanes of at least 4 members (excludes halogenated alkanes) is 7. The van der Waals surface area contributed by atoms with Gasteiger partial charge >= 0.3 is 0 Å². The van der Waals surface area contributed by atoms with Gasteiger partial charge in [0.25, 0.3) is 0 Å². The molecule has 1 heteroatoms. The van der Waals surface area contributed by atoms with E-state index in [1.165, 1.54) is 75.3 Å². The summed E-state index contributed by atoms with van der Waals surface area (Å²) in [6, 6.07) is 4.49. The highest BCUT2D eigenvalue weighted by atomic mass is 16.3. The van der Waals surface area contributed by atoms with Crippen molar-refractivity contribution in [3.05, 3.63) is 28.8 Å². The second kappa shape index (κ2) is 11.6. The molecule has 1 rings (SSSR count). The summed E-state index contributed by atoms with van der Waals surface area (Å²) < 4.78 is 0.